The molecule has 23 heteroatoms. The number of halogens is 6. The van der Waals surface area contributed by atoms with E-state index in [-0.39, 0.29) is 74.3 Å². The van der Waals surface area contributed by atoms with E-state index in [1.54, 1.807) is 60.7 Å². The summed E-state index contributed by atoms with van der Waals surface area (Å²) in [5.41, 5.74) is -2.48. The minimum absolute atomic E-state index is 0. The molecule has 0 spiro atoms. The fraction of sp³-hybridized carbons (Fsp3) is 0.190. The van der Waals surface area contributed by atoms with Crippen LogP contribution in [0.4, 0.5) is 49.1 Å². The normalized spacial score (nSPS) is 14.1. The second-order valence-electron chi connectivity index (χ2n) is 26.2. The van der Waals surface area contributed by atoms with E-state index in [0.29, 0.717) is 103 Å². The zero-order chi connectivity index (χ0) is 75.3. The zero-order valence-electron chi connectivity index (χ0n) is 56.9. The number of benzene rings is 10. The molecule has 107 heavy (non-hydrogen) atoms. The van der Waals surface area contributed by atoms with Gasteiger partial charge in [0, 0.05) is 25.2 Å². The largest absolute Gasteiger partial charge is 0.457 e. The van der Waals surface area contributed by atoms with Gasteiger partial charge >= 0.3 is 12.4 Å². The molecular formula is C84H68F6N4O13. The Hall–Kier alpha value is -12.2. The molecule has 4 aliphatic rings. The van der Waals surface area contributed by atoms with E-state index < -0.39 is 86.6 Å². The van der Waals surface area contributed by atoms with Crippen LogP contribution < -0.4 is 29.1 Å². The molecule has 4 aliphatic heterocycles. The number of nitrogens with zero attached hydrogens (tertiary/aromatic N) is 4. The minimum atomic E-state index is -6.10. The maximum Gasteiger partial charge on any atom is 0.411 e. The Bertz CT molecular complexity index is 4860. The Balaban J connectivity index is 0.000000201. The molecule has 544 valence electrons. The maximum absolute atomic E-state index is 15.1. The second kappa shape index (κ2) is 29.4. The first kappa shape index (κ1) is 74.5. The lowest BCUT2D eigenvalue weighted by Gasteiger charge is -2.38. The van der Waals surface area contributed by atoms with Gasteiger partial charge in [-0.2, -0.15) is 26.3 Å². The lowest BCUT2D eigenvalue weighted by Crippen LogP contribution is -2.55. The predicted octanol–water partition coefficient (Wildman–Crippen LogP) is 16.1. The first-order chi connectivity index (χ1) is 50.7. The van der Waals surface area contributed by atoms with Crippen LogP contribution in [-0.2, 0) is 36.5 Å². The van der Waals surface area contributed by atoms with Crippen molar-refractivity contribution in [3.63, 3.8) is 0 Å². The number of fused-ring (bicyclic) bond motifs is 4. The van der Waals surface area contributed by atoms with Crippen LogP contribution in [0.25, 0.3) is 0 Å². The number of aryl methyl sites for hydroxylation is 1. The highest BCUT2D eigenvalue weighted by atomic mass is 19.4. The zero-order valence-corrected chi connectivity index (χ0v) is 56.9. The van der Waals surface area contributed by atoms with Crippen LogP contribution in [0.3, 0.4) is 0 Å². The average Bonchev–Trinajstić information content (AvgIpc) is 1.68. The third-order valence-electron chi connectivity index (χ3n) is 19.3. The third kappa shape index (κ3) is 13.5. The molecule has 4 heterocycles. The van der Waals surface area contributed by atoms with Crippen molar-refractivity contribution < 1.29 is 89.5 Å². The van der Waals surface area contributed by atoms with Crippen molar-refractivity contribution in [1.82, 2.24) is 0 Å². The van der Waals surface area contributed by atoms with Crippen molar-refractivity contribution in [2.24, 2.45) is 0 Å². The van der Waals surface area contributed by atoms with Crippen LogP contribution in [0.1, 0.15) is 162 Å². The molecule has 10 aromatic carbocycles. The number of hydrogen-bond donors (Lipinski definition) is 3. The van der Waals surface area contributed by atoms with Crippen molar-refractivity contribution in [2.45, 2.75) is 83.5 Å². The molecule has 0 saturated heterocycles. The van der Waals surface area contributed by atoms with E-state index in [2.05, 4.69) is 20.8 Å². The molecular weight excluding hydrogens is 1390 g/mol. The molecule has 0 aliphatic carbocycles. The van der Waals surface area contributed by atoms with E-state index in [1.165, 1.54) is 53.4 Å². The van der Waals surface area contributed by atoms with Gasteiger partial charge in [-0.3, -0.25) is 38.4 Å². The van der Waals surface area contributed by atoms with Gasteiger partial charge in [0.2, 0.25) is 5.41 Å². The SMILES string of the molecule is C.CCCc1ccc(N2C(=O)c3ccc(Oc4ccc(C(C)(C)c5ccc(Oc6ccc7c(c6)C(=O)N(c6ccc(CCO)cc6)C7=O)cc5)cc4)cc3C2=O)cc1.O=C1c2ccc(C(c3ccc4c(c3)C(=O)N(c3ccc(CCO)cc3)C4=O)(C(F)(F)F)C(F)(F)F)cc2C(=O)N1c1ccc(CCO)cc1. The fourth-order valence-electron chi connectivity index (χ4n) is 13.7. The molecule has 10 aromatic rings. The van der Waals surface area contributed by atoms with Crippen molar-refractivity contribution >= 4 is 70.0 Å². The number of aliphatic hydroxyl groups is 3. The molecule has 3 N–H and O–H groups in total. The van der Waals surface area contributed by atoms with Crippen LogP contribution in [0, 0.1) is 0 Å². The van der Waals surface area contributed by atoms with Gasteiger partial charge in [-0.1, -0.05) is 120 Å². The van der Waals surface area contributed by atoms with Crippen LogP contribution in [0.2, 0.25) is 0 Å². The standard InChI is InChI=1S/C48H40N2O7.C35H24F6N2O6.CH4/c1-4-5-30-6-14-34(15-7-30)49-44(52)40-24-22-38(28-42(40)46(49)54)56-36-18-10-32(11-19-36)48(2,3)33-12-20-37(21-13-33)57-39-23-25-41-43(29-39)47(55)50(45(41)53)35-16-8-31(9-17-35)26-27-51;36-34(37,38)33(35(39,40)41,21-5-11-25-27(17-21)31(48)42(29(25)46)23-7-1-19(2-8-23)13-15-44)22-6-12-26-28(18-22)32(49)43(30(26)47)24-9-3-20(4-10-24)14-16-45;/h6-25,28-29,51H,4-5,26-27H2,1-3H3;1-12,17-18,44-45H,13-16H2;1H4. The van der Waals surface area contributed by atoms with Gasteiger partial charge in [-0.05, 0) is 204 Å². The molecule has 0 saturated carbocycles. The van der Waals surface area contributed by atoms with E-state index in [4.69, 9.17) is 19.7 Å². The minimum Gasteiger partial charge on any atom is -0.457 e. The number of amides is 8. The Morgan fingerprint density at radius 1 is 0.299 bits per heavy atom. The van der Waals surface area contributed by atoms with E-state index >= 15 is 26.3 Å². The number of ether oxygens (including phenoxy) is 2. The number of anilines is 4. The van der Waals surface area contributed by atoms with Gasteiger partial charge in [0.05, 0.1) is 67.3 Å². The summed E-state index contributed by atoms with van der Waals surface area (Å²) in [5.74, 6) is -3.69. The Morgan fingerprint density at radius 3 is 0.794 bits per heavy atom. The highest BCUT2D eigenvalue weighted by Gasteiger charge is 2.73. The molecule has 0 atom stereocenters. The summed E-state index contributed by atoms with van der Waals surface area (Å²) >= 11 is 0. The molecule has 0 radical (unpaired) electrons. The van der Waals surface area contributed by atoms with Crippen molar-refractivity contribution in [3.05, 3.63) is 307 Å². The van der Waals surface area contributed by atoms with Crippen LogP contribution >= 0.6 is 0 Å². The lowest BCUT2D eigenvalue weighted by molar-refractivity contribution is -0.288. The number of hydrogen-bond acceptors (Lipinski definition) is 13. The highest BCUT2D eigenvalue weighted by molar-refractivity contribution is 6.37. The summed E-state index contributed by atoms with van der Waals surface area (Å²) < 4.78 is 103. The van der Waals surface area contributed by atoms with Crippen molar-refractivity contribution in [3.8, 4) is 23.0 Å². The highest BCUT2D eigenvalue weighted by Crippen LogP contribution is 2.57. The topological polar surface area (TPSA) is 229 Å². The monoisotopic (exact) mass is 1450 g/mol. The van der Waals surface area contributed by atoms with Crippen molar-refractivity contribution in [1.29, 1.82) is 0 Å². The Labute approximate surface area is 610 Å². The number of imide groups is 4. The van der Waals surface area contributed by atoms with Crippen molar-refractivity contribution in [2.75, 3.05) is 39.4 Å². The number of alkyl halides is 6. The lowest BCUT2D eigenvalue weighted by atomic mass is 9.71. The average molecular weight is 1460 g/mol. The summed E-state index contributed by atoms with van der Waals surface area (Å²) in [6, 6.07) is 54.5. The summed E-state index contributed by atoms with van der Waals surface area (Å²) in [7, 11) is 0. The number of aliphatic hydroxyl groups excluding tert-OH is 3. The van der Waals surface area contributed by atoms with Gasteiger partial charge in [-0.25, -0.2) is 19.6 Å². The Morgan fingerprint density at radius 2 is 0.533 bits per heavy atom. The van der Waals surface area contributed by atoms with Crippen LogP contribution in [0.15, 0.2) is 218 Å². The molecule has 0 bridgehead atoms. The van der Waals surface area contributed by atoms with Gasteiger partial charge in [-0.15, -0.1) is 0 Å². The first-order valence-corrected chi connectivity index (χ1v) is 33.7. The third-order valence-corrected chi connectivity index (χ3v) is 19.3. The van der Waals surface area contributed by atoms with Gasteiger partial charge in [0.1, 0.15) is 23.0 Å². The summed E-state index contributed by atoms with van der Waals surface area (Å²) in [5, 5.41) is 27.4. The predicted molar refractivity (Wildman–Crippen MR) is 387 cm³/mol. The number of carbonyl (C=O) groups is 8. The van der Waals surface area contributed by atoms with E-state index in [1.807, 2.05) is 72.8 Å². The van der Waals surface area contributed by atoms with Gasteiger partial charge in [0.15, 0.2) is 0 Å². The Kier molecular flexibility index (Phi) is 20.5. The first-order valence-electron chi connectivity index (χ1n) is 33.7. The van der Waals surface area contributed by atoms with Gasteiger partial charge < -0.3 is 24.8 Å². The van der Waals surface area contributed by atoms with Gasteiger partial charge in [0.25, 0.3) is 47.3 Å². The number of carbonyl (C=O) groups excluding carboxylic acids is 8. The smallest absolute Gasteiger partial charge is 0.411 e. The molecule has 14 rings (SSSR count). The number of rotatable bonds is 20. The van der Waals surface area contributed by atoms with Crippen LogP contribution in [0.5, 0.6) is 23.0 Å². The quantitative estimate of drug-likeness (QED) is 0.0477. The summed E-state index contributed by atoms with van der Waals surface area (Å²) in [4.78, 5) is 110. The summed E-state index contributed by atoms with van der Waals surface area (Å²) in [6.45, 7) is 6.02. The molecule has 0 unspecified atom stereocenters. The van der Waals surface area contributed by atoms with E-state index in [9.17, 15) is 43.5 Å². The molecule has 0 fully saturated rings. The maximum atomic E-state index is 15.1. The molecule has 0 aromatic heterocycles. The molecule has 8 amide bonds. The summed E-state index contributed by atoms with van der Waals surface area (Å²) in [6.07, 6.45) is -9.23. The van der Waals surface area contributed by atoms with Crippen LogP contribution in [-0.4, -0.2) is 94.8 Å². The molecule has 17 nitrogen and oxygen atoms in total. The fourth-order valence-corrected chi connectivity index (χ4v) is 13.7. The van der Waals surface area contributed by atoms with E-state index in [0.717, 1.165) is 52.1 Å². The second-order valence-corrected chi connectivity index (χ2v) is 26.2.